The highest BCUT2D eigenvalue weighted by Gasteiger charge is 2.30. The van der Waals surface area contributed by atoms with E-state index in [4.69, 9.17) is 0 Å². The average molecular weight is 371 g/mol. The maximum absolute atomic E-state index is 13.1. The Morgan fingerprint density at radius 1 is 1.00 bits per heavy atom. The van der Waals surface area contributed by atoms with Crippen LogP contribution >= 0.6 is 0 Å². The van der Waals surface area contributed by atoms with Crippen LogP contribution in [0.15, 0.2) is 18.2 Å². The molecule has 2 heterocycles. The van der Waals surface area contributed by atoms with Gasteiger partial charge in [-0.15, -0.1) is 0 Å². The molecule has 4 heteroatoms. The van der Waals surface area contributed by atoms with Crippen molar-refractivity contribution in [1.29, 1.82) is 0 Å². The predicted molar refractivity (Wildman–Crippen MR) is 109 cm³/mol. The van der Waals surface area contributed by atoms with Gasteiger partial charge in [-0.1, -0.05) is 37.8 Å². The number of anilines is 1. The van der Waals surface area contributed by atoms with Crippen LogP contribution in [0.25, 0.3) is 0 Å². The summed E-state index contributed by atoms with van der Waals surface area (Å²) in [5.41, 5.74) is 3.33. The van der Waals surface area contributed by atoms with Crippen LogP contribution in [-0.2, 0) is 11.2 Å². The van der Waals surface area contributed by atoms with Crippen molar-refractivity contribution in [3.8, 4) is 0 Å². The Bertz CT molecular complexity index is 648. The third-order valence-electron chi connectivity index (χ3n) is 6.71. The number of nitrogens with zero attached hydrogens (tertiary/aromatic N) is 2. The van der Waals surface area contributed by atoms with E-state index in [-0.39, 0.29) is 5.92 Å². The van der Waals surface area contributed by atoms with Crippen molar-refractivity contribution in [2.24, 2.45) is 5.92 Å². The molecule has 1 aromatic rings. The minimum atomic E-state index is -0.433. The summed E-state index contributed by atoms with van der Waals surface area (Å²) < 4.78 is 0. The molecule has 1 N–H and O–H groups in total. The molecule has 27 heavy (non-hydrogen) atoms. The van der Waals surface area contributed by atoms with Crippen molar-refractivity contribution in [3.63, 3.8) is 0 Å². The molecule has 1 saturated heterocycles. The molecular formula is C23H34N2O2. The van der Waals surface area contributed by atoms with Gasteiger partial charge in [-0.25, -0.2) is 0 Å². The Morgan fingerprint density at radius 3 is 2.52 bits per heavy atom. The Kier molecular flexibility index (Phi) is 6.14. The fraction of sp³-hybridized carbons (Fsp3) is 0.696. The van der Waals surface area contributed by atoms with Crippen LogP contribution in [0.3, 0.4) is 0 Å². The third kappa shape index (κ3) is 4.38. The SMILES string of the molecule is O=C(C1CCCCC1)N1CCCc2cc([C@H](O)CN3CCCCC3)ccc21. The highest BCUT2D eigenvalue weighted by Crippen LogP contribution is 2.34. The van der Waals surface area contributed by atoms with Crippen LogP contribution < -0.4 is 4.90 Å². The molecule has 0 aromatic heterocycles. The van der Waals surface area contributed by atoms with Crippen LogP contribution in [-0.4, -0.2) is 42.1 Å². The summed E-state index contributed by atoms with van der Waals surface area (Å²) in [6, 6.07) is 6.29. The number of likely N-dealkylation sites (tertiary alicyclic amines) is 1. The Hall–Kier alpha value is -1.39. The maximum Gasteiger partial charge on any atom is 0.230 e. The number of benzene rings is 1. The second kappa shape index (κ2) is 8.74. The third-order valence-corrected chi connectivity index (χ3v) is 6.71. The summed E-state index contributed by atoms with van der Waals surface area (Å²) in [6.45, 7) is 3.78. The highest BCUT2D eigenvalue weighted by atomic mass is 16.3. The van der Waals surface area contributed by atoms with Gasteiger partial charge in [-0.2, -0.15) is 0 Å². The Labute approximate surface area is 163 Å². The van der Waals surface area contributed by atoms with Crippen LogP contribution in [0.1, 0.15) is 75.0 Å². The molecule has 148 valence electrons. The van der Waals surface area contributed by atoms with E-state index in [1.807, 2.05) is 11.0 Å². The summed E-state index contributed by atoms with van der Waals surface area (Å²) in [5, 5.41) is 10.7. The molecular weight excluding hydrogens is 336 g/mol. The van der Waals surface area contributed by atoms with Crippen molar-refractivity contribution < 1.29 is 9.90 Å². The van der Waals surface area contributed by atoms with Gasteiger partial charge in [0.2, 0.25) is 5.91 Å². The fourth-order valence-corrected chi connectivity index (χ4v) is 5.12. The van der Waals surface area contributed by atoms with E-state index in [1.165, 1.54) is 44.1 Å². The van der Waals surface area contributed by atoms with Crippen LogP contribution in [0.2, 0.25) is 0 Å². The highest BCUT2D eigenvalue weighted by molar-refractivity contribution is 5.96. The topological polar surface area (TPSA) is 43.8 Å². The Balaban J connectivity index is 1.46. The number of piperidine rings is 1. The van der Waals surface area contributed by atoms with Crippen molar-refractivity contribution in [3.05, 3.63) is 29.3 Å². The lowest BCUT2D eigenvalue weighted by Crippen LogP contribution is -2.40. The van der Waals surface area contributed by atoms with Crippen molar-refractivity contribution >= 4 is 11.6 Å². The predicted octanol–water partition coefficient (Wildman–Crippen LogP) is 4.07. The van der Waals surface area contributed by atoms with Gasteiger partial charge in [0.1, 0.15) is 0 Å². The number of aliphatic hydroxyl groups is 1. The van der Waals surface area contributed by atoms with E-state index in [9.17, 15) is 9.90 Å². The minimum absolute atomic E-state index is 0.217. The Morgan fingerprint density at radius 2 is 1.74 bits per heavy atom. The summed E-state index contributed by atoms with van der Waals surface area (Å²) >= 11 is 0. The quantitative estimate of drug-likeness (QED) is 0.869. The molecule has 1 amide bonds. The number of carbonyl (C=O) groups is 1. The van der Waals surface area contributed by atoms with Gasteiger partial charge in [0, 0.05) is 24.7 Å². The van der Waals surface area contributed by atoms with Crippen LogP contribution in [0.4, 0.5) is 5.69 Å². The molecule has 1 aliphatic carbocycles. The molecule has 0 unspecified atom stereocenters. The van der Waals surface area contributed by atoms with Gasteiger partial charge in [-0.05, 0) is 68.8 Å². The molecule has 1 saturated carbocycles. The summed E-state index contributed by atoms with van der Waals surface area (Å²) in [4.78, 5) is 17.5. The number of hydrogen-bond acceptors (Lipinski definition) is 3. The van der Waals surface area contributed by atoms with E-state index in [1.54, 1.807) is 0 Å². The van der Waals surface area contributed by atoms with Gasteiger partial charge in [0.15, 0.2) is 0 Å². The zero-order valence-electron chi connectivity index (χ0n) is 16.5. The zero-order chi connectivity index (χ0) is 18.6. The van der Waals surface area contributed by atoms with Gasteiger partial charge >= 0.3 is 0 Å². The van der Waals surface area contributed by atoms with Crippen molar-refractivity contribution in [2.75, 3.05) is 31.1 Å². The van der Waals surface area contributed by atoms with Crippen molar-refractivity contribution in [1.82, 2.24) is 4.90 Å². The number of β-amino-alcohol motifs (C(OH)–C–C–N with tert-alkyl or cyclic N) is 1. The van der Waals surface area contributed by atoms with E-state index >= 15 is 0 Å². The minimum Gasteiger partial charge on any atom is -0.387 e. The van der Waals surface area contributed by atoms with Gasteiger partial charge < -0.3 is 14.9 Å². The lowest BCUT2D eigenvalue weighted by molar-refractivity contribution is -0.123. The molecule has 0 spiro atoms. The van der Waals surface area contributed by atoms with Gasteiger partial charge in [-0.3, -0.25) is 4.79 Å². The first-order valence-electron chi connectivity index (χ1n) is 11.1. The first kappa shape index (κ1) is 18.9. The molecule has 4 nitrogen and oxygen atoms in total. The molecule has 0 bridgehead atoms. The number of aryl methyl sites for hydroxylation is 1. The van der Waals surface area contributed by atoms with Gasteiger partial charge in [0.05, 0.1) is 6.10 Å². The first-order valence-corrected chi connectivity index (χ1v) is 11.1. The van der Waals surface area contributed by atoms with E-state index in [2.05, 4.69) is 17.0 Å². The number of carbonyl (C=O) groups excluding carboxylic acids is 1. The lowest BCUT2D eigenvalue weighted by Gasteiger charge is -2.34. The second-order valence-electron chi connectivity index (χ2n) is 8.69. The molecule has 2 fully saturated rings. The number of aliphatic hydroxyl groups excluding tert-OH is 1. The van der Waals surface area contributed by atoms with Crippen LogP contribution in [0.5, 0.6) is 0 Å². The van der Waals surface area contributed by atoms with E-state index in [0.29, 0.717) is 5.91 Å². The average Bonchev–Trinajstić information content (AvgIpc) is 2.73. The zero-order valence-corrected chi connectivity index (χ0v) is 16.5. The molecule has 1 atom stereocenters. The molecule has 4 rings (SSSR count). The second-order valence-corrected chi connectivity index (χ2v) is 8.69. The largest absolute Gasteiger partial charge is 0.387 e. The smallest absolute Gasteiger partial charge is 0.230 e. The van der Waals surface area contributed by atoms with Crippen molar-refractivity contribution in [2.45, 2.75) is 70.3 Å². The number of amides is 1. The number of hydrogen-bond donors (Lipinski definition) is 1. The first-order chi connectivity index (χ1) is 13.2. The van der Waals surface area contributed by atoms with E-state index in [0.717, 1.165) is 63.1 Å². The fourth-order valence-electron chi connectivity index (χ4n) is 5.12. The molecule has 0 radical (unpaired) electrons. The van der Waals surface area contributed by atoms with Gasteiger partial charge in [0.25, 0.3) is 0 Å². The number of fused-ring (bicyclic) bond motifs is 1. The monoisotopic (exact) mass is 370 g/mol. The molecule has 3 aliphatic rings. The molecule has 2 aliphatic heterocycles. The summed E-state index contributed by atoms with van der Waals surface area (Å²) in [7, 11) is 0. The van der Waals surface area contributed by atoms with E-state index < -0.39 is 6.10 Å². The maximum atomic E-state index is 13.1. The summed E-state index contributed by atoms with van der Waals surface area (Å²) in [5.74, 6) is 0.548. The standard InChI is InChI=1S/C23H34N2O2/c26-22(17-24-13-5-2-6-14-24)20-11-12-21-19(16-20)10-7-15-25(21)23(27)18-8-3-1-4-9-18/h11-12,16,18,22,26H,1-10,13-15,17H2/t22-/m1/s1. The number of rotatable bonds is 4. The normalized spacial score (nSPS) is 23.1. The lowest BCUT2D eigenvalue weighted by atomic mass is 9.87. The summed E-state index contributed by atoms with van der Waals surface area (Å²) in [6.07, 6.45) is 11.2. The molecule has 1 aromatic carbocycles. The van der Waals surface area contributed by atoms with Crippen LogP contribution in [0, 0.1) is 5.92 Å².